The first-order valence-corrected chi connectivity index (χ1v) is 8.86. The molecule has 1 saturated heterocycles. The SMILES string of the molecule is CCC1(C(=O)O)CCN(C(C)c2ccc(SC)cc2)CC1. The lowest BCUT2D eigenvalue weighted by molar-refractivity contribution is -0.152. The second-order valence-corrected chi connectivity index (χ2v) is 6.80. The number of thioether (sulfide) groups is 1. The molecule has 0 amide bonds. The molecule has 1 fully saturated rings. The minimum Gasteiger partial charge on any atom is -0.481 e. The Morgan fingerprint density at radius 3 is 2.33 bits per heavy atom. The number of hydrogen-bond acceptors (Lipinski definition) is 3. The lowest BCUT2D eigenvalue weighted by Crippen LogP contribution is -2.44. The largest absolute Gasteiger partial charge is 0.481 e. The van der Waals surface area contributed by atoms with Crippen LogP contribution in [0.25, 0.3) is 0 Å². The van der Waals surface area contributed by atoms with Crippen molar-refractivity contribution in [1.29, 1.82) is 0 Å². The van der Waals surface area contributed by atoms with E-state index < -0.39 is 11.4 Å². The molecule has 3 nitrogen and oxygen atoms in total. The van der Waals surface area contributed by atoms with Gasteiger partial charge in [0.1, 0.15) is 0 Å². The molecule has 1 aliphatic heterocycles. The lowest BCUT2D eigenvalue weighted by Gasteiger charge is -2.41. The van der Waals surface area contributed by atoms with Crippen LogP contribution in [-0.4, -0.2) is 35.3 Å². The summed E-state index contributed by atoms with van der Waals surface area (Å²) < 4.78 is 0. The van der Waals surface area contributed by atoms with Gasteiger partial charge in [-0.2, -0.15) is 0 Å². The number of benzene rings is 1. The van der Waals surface area contributed by atoms with Gasteiger partial charge in [0.25, 0.3) is 0 Å². The van der Waals surface area contributed by atoms with E-state index in [1.165, 1.54) is 10.5 Å². The number of rotatable bonds is 5. The summed E-state index contributed by atoms with van der Waals surface area (Å²) in [5.74, 6) is -0.623. The Balaban J connectivity index is 2.02. The van der Waals surface area contributed by atoms with Gasteiger partial charge in [-0.25, -0.2) is 0 Å². The molecule has 1 heterocycles. The van der Waals surface area contributed by atoms with Crippen LogP contribution in [0.1, 0.15) is 44.7 Å². The minimum atomic E-state index is -0.623. The van der Waals surface area contributed by atoms with Crippen LogP contribution in [0.4, 0.5) is 0 Å². The van der Waals surface area contributed by atoms with Gasteiger partial charge in [0.05, 0.1) is 5.41 Å². The van der Waals surface area contributed by atoms with Gasteiger partial charge in [-0.15, -0.1) is 11.8 Å². The van der Waals surface area contributed by atoms with E-state index in [1.807, 2.05) is 6.92 Å². The van der Waals surface area contributed by atoms with Crippen molar-refractivity contribution in [3.8, 4) is 0 Å². The number of carboxylic acids is 1. The highest BCUT2D eigenvalue weighted by Crippen LogP contribution is 2.37. The van der Waals surface area contributed by atoms with Crippen LogP contribution in [0.2, 0.25) is 0 Å². The number of carboxylic acid groups (broad SMARTS) is 1. The van der Waals surface area contributed by atoms with Crippen LogP contribution in [0, 0.1) is 5.41 Å². The molecule has 1 unspecified atom stereocenters. The first-order chi connectivity index (χ1) is 10.0. The van der Waals surface area contributed by atoms with E-state index >= 15 is 0 Å². The summed E-state index contributed by atoms with van der Waals surface area (Å²) in [6, 6.07) is 9.05. The molecule has 21 heavy (non-hydrogen) atoms. The third-order valence-electron chi connectivity index (χ3n) is 5.03. The third-order valence-corrected chi connectivity index (χ3v) is 5.78. The first kappa shape index (κ1) is 16.4. The summed E-state index contributed by atoms with van der Waals surface area (Å²) in [4.78, 5) is 15.2. The van der Waals surface area contributed by atoms with Crippen molar-refractivity contribution in [3.05, 3.63) is 29.8 Å². The van der Waals surface area contributed by atoms with Crippen molar-refractivity contribution in [2.45, 2.75) is 44.0 Å². The summed E-state index contributed by atoms with van der Waals surface area (Å²) in [5, 5.41) is 9.47. The molecule has 0 aromatic heterocycles. The van der Waals surface area contributed by atoms with Crippen molar-refractivity contribution in [2.75, 3.05) is 19.3 Å². The van der Waals surface area contributed by atoms with E-state index in [1.54, 1.807) is 11.8 Å². The zero-order valence-electron chi connectivity index (χ0n) is 13.1. The van der Waals surface area contributed by atoms with Gasteiger partial charge < -0.3 is 5.11 Å². The predicted octanol–water partition coefficient (Wildman–Crippen LogP) is 4.05. The fourth-order valence-electron chi connectivity index (χ4n) is 3.15. The summed E-state index contributed by atoms with van der Waals surface area (Å²) in [7, 11) is 0. The molecular formula is C17H25NO2S. The van der Waals surface area contributed by atoms with Gasteiger partial charge in [0.2, 0.25) is 0 Å². The van der Waals surface area contributed by atoms with Crippen molar-refractivity contribution in [1.82, 2.24) is 4.90 Å². The highest BCUT2D eigenvalue weighted by atomic mass is 32.2. The minimum absolute atomic E-state index is 0.351. The quantitative estimate of drug-likeness (QED) is 0.833. The molecule has 0 saturated carbocycles. The van der Waals surface area contributed by atoms with Crippen LogP contribution >= 0.6 is 11.8 Å². The van der Waals surface area contributed by atoms with Gasteiger partial charge in [-0.05, 0) is 63.2 Å². The van der Waals surface area contributed by atoms with Crippen LogP contribution in [0.3, 0.4) is 0 Å². The maximum absolute atomic E-state index is 11.5. The lowest BCUT2D eigenvalue weighted by atomic mass is 9.76. The van der Waals surface area contributed by atoms with Gasteiger partial charge in [-0.1, -0.05) is 19.1 Å². The maximum Gasteiger partial charge on any atom is 0.309 e. The van der Waals surface area contributed by atoms with Gasteiger partial charge >= 0.3 is 5.97 Å². The Hall–Kier alpha value is -1.00. The Morgan fingerprint density at radius 1 is 1.33 bits per heavy atom. The Bertz CT molecular complexity index is 478. The van der Waals surface area contributed by atoms with E-state index in [0.717, 1.165) is 32.4 Å². The molecule has 2 rings (SSSR count). The summed E-state index contributed by atoms with van der Waals surface area (Å²) in [6.07, 6.45) is 4.32. The van der Waals surface area contributed by atoms with E-state index in [-0.39, 0.29) is 0 Å². The van der Waals surface area contributed by atoms with Crippen molar-refractivity contribution >= 4 is 17.7 Å². The number of likely N-dealkylation sites (tertiary alicyclic amines) is 1. The second kappa shape index (κ2) is 6.84. The normalized spacial score (nSPS) is 20.1. The zero-order chi connectivity index (χ0) is 15.5. The molecule has 0 bridgehead atoms. The number of nitrogens with zero attached hydrogens (tertiary/aromatic N) is 1. The average molecular weight is 307 g/mol. The Labute approximate surface area is 131 Å². The molecule has 4 heteroatoms. The van der Waals surface area contributed by atoms with Crippen molar-refractivity contribution in [3.63, 3.8) is 0 Å². The van der Waals surface area contributed by atoms with E-state index in [0.29, 0.717) is 6.04 Å². The second-order valence-electron chi connectivity index (χ2n) is 5.92. The fraction of sp³-hybridized carbons (Fsp3) is 0.588. The molecule has 0 radical (unpaired) electrons. The van der Waals surface area contributed by atoms with Gasteiger partial charge in [0.15, 0.2) is 0 Å². The highest BCUT2D eigenvalue weighted by Gasteiger charge is 2.40. The molecular weight excluding hydrogens is 282 g/mol. The Kier molecular flexibility index (Phi) is 5.33. The number of carbonyl (C=O) groups is 1. The monoisotopic (exact) mass is 307 g/mol. The molecule has 0 aliphatic carbocycles. The van der Waals surface area contributed by atoms with Crippen LogP contribution in [0.5, 0.6) is 0 Å². The third kappa shape index (κ3) is 3.43. The molecule has 1 atom stereocenters. The first-order valence-electron chi connectivity index (χ1n) is 7.64. The number of aliphatic carboxylic acids is 1. The van der Waals surface area contributed by atoms with Crippen LogP contribution in [-0.2, 0) is 4.79 Å². The van der Waals surface area contributed by atoms with Crippen LogP contribution < -0.4 is 0 Å². The average Bonchev–Trinajstić information content (AvgIpc) is 2.54. The smallest absolute Gasteiger partial charge is 0.309 e. The van der Waals surface area contributed by atoms with Crippen molar-refractivity contribution < 1.29 is 9.90 Å². The predicted molar refractivity (Wildman–Crippen MR) is 87.8 cm³/mol. The molecule has 0 spiro atoms. The van der Waals surface area contributed by atoms with E-state index in [2.05, 4.69) is 42.3 Å². The van der Waals surface area contributed by atoms with Crippen molar-refractivity contribution in [2.24, 2.45) is 5.41 Å². The molecule has 1 N–H and O–H groups in total. The molecule has 1 aromatic carbocycles. The highest BCUT2D eigenvalue weighted by molar-refractivity contribution is 7.98. The Morgan fingerprint density at radius 2 is 1.90 bits per heavy atom. The molecule has 1 aromatic rings. The fourth-order valence-corrected chi connectivity index (χ4v) is 3.56. The summed E-state index contributed by atoms with van der Waals surface area (Å²) in [6.45, 7) is 5.94. The summed E-state index contributed by atoms with van der Waals surface area (Å²) >= 11 is 1.75. The van der Waals surface area contributed by atoms with Gasteiger partial charge in [-0.3, -0.25) is 9.69 Å². The van der Waals surface area contributed by atoms with E-state index in [9.17, 15) is 9.90 Å². The zero-order valence-corrected chi connectivity index (χ0v) is 13.9. The molecule has 116 valence electrons. The van der Waals surface area contributed by atoms with E-state index in [4.69, 9.17) is 0 Å². The van der Waals surface area contributed by atoms with Crippen LogP contribution in [0.15, 0.2) is 29.2 Å². The number of hydrogen-bond donors (Lipinski definition) is 1. The maximum atomic E-state index is 11.5. The summed E-state index contributed by atoms with van der Waals surface area (Å²) in [5.41, 5.74) is 0.811. The van der Waals surface area contributed by atoms with Gasteiger partial charge in [0, 0.05) is 10.9 Å². The topological polar surface area (TPSA) is 40.5 Å². The molecule has 1 aliphatic rings. The number of piperidine rings is 1. The standard InChI is InChI=1S/C17H25NO2S/c1-4-17(16(19)20)9-11-18(12-10-17)13(2)14-5-7-15(21-3)8-6-14/h5-8,13H,4,9-12H2,1-3H3,(H,19,20).